The second kappa shape index (κ2) is 3.84. The molecule has 0 atom stereocenters. The lowest BCUT2D eigenvalue weighted by Crippen LogP contribution is -2.16. The van der Waals surface area contributed by atoms with E-state index < -0.39 is 5.97 Å². The number of aromatic carboxylic acids is 1. The molecule has 0 aliphatic carbocycles. The number of thiophene rings is 1. The molecule has 1 N–H and O–H groups in total. The van der Waals surface area contributed by atoms with Crippen molar-refractivity contribution in [3.8, 4) is 0 Å². The third-order valence-corrected chi connectivity index (χ3v) is 3.58. The van der Waals surface area contributed by atoms with E-state index in [1.807, 2.05) is 11.6 Å². The van der Waals surface area contributed by atoms with Crippen LogP contribution in [0.4, 0.5) is 0 Å². The third-order valence-electron chi connectivity index (χ3n) is 2.44. The van der Waals surface area contributed by atoms with E-state index in [1.54, 1.807) is 6.07 Å². The number of carboxylic acids is 1. The number of fused-ring (bicyclic) bond motifs is 1. The molecule has 0 aliphatic heterocycles. The molecular weight excluding hydrogens is 236 g/mol. The van der Waals surface area contributed by atoms with Crippen LogP contribution in [-0.2, 0) is 6.54 Å². The molecule has 2 aromatic rings. The lowest BCUT2D eigenvalue weighted by Gasteiger charge is -2.17. The fourth-order valence-electron chi connectivity index (χ4n) is 1.77. The van der Waals surface area contributed by atoms with Crippen molar-refractivity contribution in [3.63, 3.8) is 0 Å². The Balaban J connectivity index is 2.53. The van der Waals surface area contributed by atoms with Gasteiger partial charge in [0.2, 0.25) is 0 Å². The fourth-order valence-corrected chi connectivity index (χ4v) is 2.77. The first-order valence-electron chi connectivity index (χ1n) is 5.48. The number of rotatable bonds is 2. The van der Waals surface area contributed by atoms with Crippen LogP contribution in [0.1, 0.15) is 36.1 Å². The molecular formula is C12H16N2O2S. The zero-order valence-corrected chi connectivity index (χ0v) is 11.3. The van der Waals surface area contributed by atoms with E-state index in [1.165, 1.54) is 11.3 Å². The highest BCUT2D eigenvalue weighted by molar-refractivity contribution is 7.20. The van der Waals surface area contributed by atoms with Gasteiger partial charge in [0.25, 0.3) is 0 Å². The molecule has 0 spiro atoms. The highest BCUT2D eigenvalue weighted by atomic mass is 32.1. The molecule has 0 aliphatic rings. The molecule has 2 rings (SSSR count). The smallest absolute Gasteiger partial charge is 0.345 e. The Kier molecular flexibility index (Phi) is 2.73. The summed E-state index contributed by atoms with van der Waals surface area (Å²) in [5.74, 6) is -0.868. The maximum Gasteiger partial charge on any atom is 0.345 e. The molecule has 5 heteroatoms. The summed E-state index contributed by atoms with van der Waals surface area (Å²) in [5, 5.41) is 14.4. The van der Waals surface area contributed by atoms with E-state index >= 15 is 0 Å². The lowest BCUT2D eigenvalue weighted by atomic mass is 9.97. The standard InChI is InChI=1S/C12H16N2O2S/c1-7-8-5-9(11(15)16)17-10(8)14(13-7)6-12(2,3)4/h5H,6H2,1-4H3,(H,15,16). The summed E-state index contributed by atoms with van der Waals surface area (Å²) < 4.78 is 1.92. The van der Waals surface area contributed by atoms with Gasteiger partial charge in [-0.15, -0.1) is 11.3 Å². The molecule has 2 aromatic heterocycles. The van der Waals surface area contributed by atoms with Gasteiger partial charge in [0.1, 0.15) is 9.71 Å². The van der Waals surface area contributed by atoms with Crippen LogP contribution in [-0.4, -0.2) is 20.9 Å². The predicted octanol–water partition coefficient (Wildman–Crippen LogP) is 3.15. The fraction of sp³-hybridized carbons (Fsp3) is 0.500. The summed E-state index contributed by atoms with van der Waals surface area (Å²) in [6.07, 6.45) is 0. The summed E-state index contributed by atoms with van der Waals surface area (Å²) in [5.41, 5.74) is 1.02. The van der Waals surface area contributed by atoms with Gasteiger partial charge in [-0.1, -0.05) is 20.8 Å². The summed E-state index contributed by atoms with van der Waals surface area (Å²) in [6, 6.07) is 1.71. The Hall–Kier alpha value is -1.36. The van der Waals surface area contributed by atoms with Crippen molar-refractivity contribution in [2.24, 2.45) is 5.41 Å². The van der Waals surface area contributed by atoms with E-state index in [0.29, 0.717) is 4.88 Å². The molecule has 0 saturated carbocycles. The van der Waals surface area contributed by atoms with Crippen LogP contribution < -0.4 is 0 Å². The van der Waals surface area contributed by atoms with Crippen molar-refractivity contribution in [1.29, 1.82) is 0 Å². The van der Waals surface area contributed by atoms with Gasteiger partial charge in [0.15, 0.2) is 0 Å². The monoisotopic (exact) mass is 252 g/mol. The zero-order chi connectivity index (χ0) is 12.8. The van der Waals surface area contributed by atoms with Crippen molar-refractivity contribution in [1.82, 2.24) is 9.78 Å². The number of carbonyl (C=O) groups is 1. The Bertz CT molecular complexity index is 575. The zero-order valence-electron chi connectivity index (χ0n) is 10.4. The number of aryl methyl sites for hydroxylation is 1. The number of hydrogen-bond donors (Lipinski definition) is 1. The quantitative estimate of drug-likeness (QED) is 0.893. The maximum atomic E-state index is 11.0. The van der Waals surface area contributed by atoms with E-state index in [0.717, 1.165) is 22.5 Å². The minimum Gasteiger partial charge on any atom is -0.477 e. The molecule has 4 nitrogen and oxygen atoms in total. The van der Waals surface area contributed by atoms with E-state index in [-0.39, 0.29) is 5.41 Å². The molecule has 0 amide bonds. The van der Waals surface area contributed by atoms with E-state index in [2.05, 4.69) is 25.9 Å². The van der Waals surface area contributed by atoms with Crippen LogP contribution >= 0.6 is 11.3 Å². The number of hydrogen-bond acceptors (Lipinski definition) is 3. The average Bonchev–Trinajstić information content (AvgIpc) is 2.66. The Morgan fingerprint density at radius 1 is 1.53 bits per heavy atom. The molecule has 92 valence electrons. The summed E-state index contributed by atoms with van der Waals surface area (Å²) in [4.78, 5) is 12.3. The van der Waals surface area contributed by atoms with Gasteiger partial charge in [-0.25, -0.2) is 4.79 Å². The average molecular weight is 252 g/mol. The minimum absolute atomic E-state index is 0.124. The number of nitrogens with zero attached hydrogens (tertiary/aromatic N) is 2. The van der Waals surface area contributed by atoms with Crippen molar-refractivity contribution in [2.45, 2.75) is 34.2 Å². The first-order chi connectivity index (χ1) is 7.78. The predicted molar refractivity (Wildman–Crippen MR) is 68.8 cm³/mol. The Labute approximate surface area is 104 Å². The van der Waals surface area contributed by atoms with Crippen molar-refractivity contribution in [2.75, 3.05) is 0 Å². The third kappa shape index (κ3) is 2.34. The second-order valence-electron chi connectivity index (χ2n) is 5.44. The van der Waals surface area contributed by atoms with E-state index in [4.69, 9.17) is 5.11 Å². The van der Waals surface area contributed by atoms with Gasteiger partial charge >= 0.3 is 5.97 Å². The molecule has 0 unspecified atom stereocenters. The van der Waals surface area contributed by atoms with Crippen LogP contribution in [0.25, 0.3) is 10.2 Å². The Morgan fingerprint density at radius 3 is 2.71 bits per heavy atom. The van der Waals surface area contributed by atoms with Crippen LogP contribution in [0.3, 0.4) is 0 Å². The van der Waals surface area contributed by atoms with Crippen molar-refractivity contribution >= 4 is 27.5 Å². The summed E-state index contributed by atoms with van der Waals surface area (Å²) in [6.45, 7) is 9.13. The van der Waals surface area contributed by atoms with Crippen LogP contribution in [0.15, 0.2) is 6.07 Å². The summed E-state index contributed by atoms with van der Waals surface area (Å²) in [7, 11) is 0. The first kappa shape index (κ1) is 12.1. The highest BCUT2D eigenvalue weighted by Crippen LogP contribution is 2.30. The molecule has 17 heavy (non-hydrogen) atoms. The van der Waals surface area contributed by atoms with Gasteiger partial charge in [-0.05, 0) is 18.4 Å². The molecule has 0 aromatic carbocycles. The maximum absolute atomic E-state index is 11.0. The summed E-state index contributed by atoms with van der Waals surface area (Å²) >= 11 is 1.29. The number of aromatic nitrogens is 2. The second-order valence-corrected chi connectivity index (χ2v) is 6.47. The molecule has 0 saturated heterocycles. The molecule has 0 radical (unpaired) electrons. The number of carboxylic acid groups (broad SMARTS) is 1. The topological polar surface area (TPSA) is 55.1 Å². The van der Waals surface area contributed by atoms with Gasteiger partial charge in [-0.3, -0.25) is 4.68 Å². The van der Waals surface area contributed by atoms with E-state index in [9.17, 15) is 4.79 Å². The molecule has 2 heterocycles. The van der Waals surface area contributed by atoms with Gasteiger partial charge in [0.05, 0.1) is 5.69 Å². The van der Waals surface area contributed by atoms with Crippen molar-refractivity contribution < 1.29 is 9.90 Å². The van der Waals surface area contributed by atoms with Gasteiger partial charge in [0, 0.05) is 11.9 Å². The first-order valence-corrected chi connectivity index (χ1v) is 6.30. The van der Waals surface area contributed by atoms with Gasteiger partial charge < -0.3 is 5.11 Å². The highest BCUT2D eigenvalue weighted by Gasteiger charge is 2.19. The van der Waals surface area contributed by atoms with Crippen LogP contribution in [0, 0.1) is 12.3 Å². The van der Waals surface area contributed by atoms with Gasteiger partial charge in [-0.2, -0.15) is 5.10 Å². The molecule has 0 fully saturated rings. The Morgan fingerprint density at radius 2 is 2.18 bits per heavy atom. The SMILES string of the molecule is Cc1nn(CC(C)(C)C)c2sc(C(=O)O)cc12. The normalized spacial score (nSPS) is 12.2. The largest absolute Gasteiger partial charge is 0.477 e. The minimum atomic E-state index is -0.868. The molecule has 0 bridgehead atoms. The van der Waals surface area contributed by atoms with Crippen molar-refractivity contribution in [3.05, 3.63) is 16.6 Å². The lowest BCUT2D eigenvalue weighted by molar-refractivity contribution is 0.0702. The van der Waals surface area contributed by atoms with Crippen LogP contribution in [0.2, 0.25) is 0 Å². The van der Waals surface area contributed by atoms with Crippen LogP contribution in [0.5, 0.6) is 0 Å².